The zero-order valence-electron chi connectivity index (χ0n) is 18.1. The van der Waals surface area contributed by atoms with Gasteiger partial charge in [0.15, 0.2) is 0 Å². The fourth-order valence-electron chi connectivity index (χ4n) is 3.59. The number of amides is 1. The Kier molecular flexibility index (Phi) is 7.19. The molecule has 0 aliphatic rings. The van der Waals surface area contributed by atoms with Crippen LogP contribution >= 0.6 is 23.4 Å². The van der Waals surface area contributed by atoms with E-state index in [0.717, 1.165) is 44.2 Å². The first-order valence-electron chi connectivity index (χ1n) is 10.5. The van der Waals surface area contributed by atoms with Gasteiger partial charge in [0.1, 0.15) is 11.6 Å². The number of hydrogen-bond acceptors (Lipinski definition) is 3. The second-order valence-corrected chi connectivity index (χ2v) is 9.20. The van der Waals surface area contributed by atoms with Crippen molar-refractivity contribution in [3.05, 3.63) is 101 Å². The van der Waals surface area contributed by atoms with Crippen molar-refractivity contribution in [3.63, 3.8) is 0 Å². The third-order valence-electron chi connectivity index (χ3n) is 5.17. The fourth-order valence-corrected chi connectivity index (χ4v) is 4.57. The molecular formula is C27H22ClN3OS. The van der Waals surface area contributed by atoms with Crippen LogP contribution in [0.15, 0.2) is 89.5 Å². The van der Waals surface area contributed by atoms with Gasteiger partial charge in [0.05, 0.1) is 0 Å². The molecule has 0 bridgehead atoms. The zero-order valence-corrected chi connectivity index (χ0v) is 19.7. The molecule has 0 unspecified atom stereocenters. The number of thioether (sulfide) groups is 1. The summed E-state index contributed by atoms with van der Waals surface area (Å²) in [4.78, 5) is 13.9. The molecule has 0 atom stereocenters. The number of nitriles is 1. The number of hydrogen-bond donors (Lipinski definition) is 1. The Bertz CT molecular complexity index is 1370. The number of aryl methyl sites for hydroxylation is 2. The van der Waals surface area contributed by atoms with Crippen LogP contribution in [0, 0.1) is 18.3 Å². The quantitative estimate of drug-likeness (QED) is 0.180. The van der Waals surface area contributed by atoms with Crippen LogP contribution in [0.3, 0.4) is 0 Å². The van der Waals surface area contributed by atoms with Crippen LogP contribution in [0.5, 0.6) is 0 Å². The minimum absolute atomic E-state index is 0.0648. The van der Waals surface area contributed by atoms with Gasteiger partial charge in [0, 0.05) is 50.6 Å². The van der Waals surface area contributed by atoms with Gasteiger partial charge in [-0.3, -0.25) is 4.79 Å². The Balaban J connectivity index is 1.55. The van der Waals surface area contributed by atoms with E-state index in [-0.39, 0.29) is 5.57 Å². The normalized spacial score (nSPS) is 11.4. The van der Waals surface area contributed by atoms with E-state index < -0.39 is 5.91 Å². The van der Waals surface area contributed by atoms with Gasteiger partial charge in [0.2, 0.25) is 0 Å². The largest absolute Gasteiger partial charge is 0.346 e. The maximum absolute atomic E-state index is 12.7. The highest BCUT2D eigenvalue weighted by atomic mass is 35.5. The van der Waals surface area contributed by atoms with E-state index in [9.17, 15) is 10.1 Å². The average molecular weight is 472 g/mol. The summed E-state index contributed by atoms with van der Waals surface area (Å²) in [6.07, 6.45) is 3.67. The molecule has 0 aliphatic heterocycles. The van der Waals surface area contributed by atoms with E-state index in [2.05, 4.69) is 22.0 Å². The number of rotatable bonds is 7. The van der Waals surface area contributed by atoms with E-state index in [1.807, 2.05) is 79.9 Å². The maximum Gasteiger partial charge on any atom is 0.266 e. The van der Waals surface area contributed by atoms with Crippen molar-refractivity contribution in [2.75, 3.05) is 11.1 Å². The number of benzene rings is 3. The van der Waals surface area contributed by atoms with Gasteiger partial charge in [-0.2, -0.15) is 5.26 Å². The summed E-state index contributed by atoms with van der Waals surface area (Å²) >= 11 is 7.72. The Hall–Kier alpha value is -3.46. The molecule has 33 heavy (non-hydrogen) atoms. The topological polar surface area (TPSA) is 57.8 Å². The maximum atomic E-state index is 12.7. The summed E-state index contributed by atoms with van der Waals surface area (Å²) in [6.45, 7) is 2.75. The van der Waals surface area contributed by atoms with Crippen LogP contribution in [-0.4, -0.2) is 16.2 Å². The molecular weight excluding hydrogens is 450 g/mol. The molecule has 3 aromatic carbocycles. The molecule has 0 saturated heterocycles. The molecule has 0 aliphatic carbocycles. The number of carbonyl (C=O) groups is 1. The molecule has 1 N–H and O–H groups in total. The minimum atomic E-state index is -0.418. The number of nitrogens with one attached hydrogen (secondary N) is 1. The van der Waals surface area contributed by atoms with Crippen LogP contribution in [-0.2, 0) is 11.3 Å². The Morgan fingerprint density at radius 3 is 2.67 bits per heavy atom. The first-order valence-corrected chi connectivity index (χ1v) is 11.9. The van der Waals surface area contributed by atoms with Gasteiger partial charge in [-0.1, -0.05) is 41.9 Å². The third kappa shape index (κ3) is 5.67. The van der Waals surface area contributed by atoms with Gasteiger partial charge in [0.25, 0.3) is 5.91 Å². The van der Waals surface area contributed by atoms with Gasteiger partial charge < -0.3 is 9.88 Å². The van der Waals surface area contributed by atoms with Crippen LogP contribution in [0.4, 0.5) is 5.69 Å². The number of aromatic nitrogens is 1. The lowest BCUT2D eigenvalue weighted by atomic mass is 10.1. The Morgan fingerprint density at radius 1 is 1.12 bits per heavy atom. The smallest absolute Gasteiger partial charge is 0.266 e. The molecule has 4 rings (SSSR count). The SMILES string of the molecule is Cc1cccc(NC(=O)/C(C#N)=C\c2cn(CCSc3ccc(Cl)cc3)c3ccccc23)c1. The highest BCUT2D eigenvalue weighted by Gasteiger charge is 2.13. The van der Waals surface area contributed by atoms with Crippen LogP contribution in [0.25, 0.3) is 17.0 Å². The summed E-state index contributed by atoms with van der Waals surface area (Å²) < 4.78 is 2.16. The second kappa shape index (κ2) is 10.4. The number of anilines is 1. The lowest BCUT2D eigenvalue weighted by molar-refractivity contribution is -0.112. The van der Waals surface area contributed by atoms with Crippen LogP contribution in [0.2, 0.25) is 5.02 Å². The predicted octanol–water partition coefficient (Wildman–Crippen LogP) is 6.94. The molecule has 4 nitrogen and oxygen atoms in total. The van der Waals surface area contributed by atoms with Gasteiger partial charge >= 0.3 is 0 Å². The molecule has 164 valence electrons. The summed E-state index contributed by atoms with van der Waals surface area (Å²) in [5.41, 5.74) is 3.68. The monoisotopic (exact) mass is 471 g/mol. The molecule has 0 spiro atoms. The van der Waals surface area contributed by atoms with E-state index >= 15 is 0 Å². The number of fused-ring (bicyclic) bond motifs is 1. The number of para-hydroxylation sites is 1. The fraction of sp³-hybridized carbons (Fsp3) is 0.111. The Labute approximate surface area is 202 Å². The lowest BCUT2D eigenvalue weighted by Crippen LogP contribution is -2.13. The zero-order chi connectivity index (χ0) is 23.2. The lowest BCUT2D eigenvalue weighted by Gasteiger charge is -2.05. The van der Waals surface area contributed by atoms with E-state index in [4.69, 9.17) is 11.6 Å². The molecule has 1 amide bonds. The molecule has 1 heterocycles. The summed E-state index contributed by atoms with van der Waals surface area (Å²) in [5, 5.41) is 14.2. The number of nitrogens with zero attached hydrogens (tertiary/aromatic N) is 2. The van der Waals surface area contributed by atoms with E-state index in [1.54, 1.807) is 17.8 Å². The highest BCUT2D eigenvalue weighted by Crippen LogP contribution is 2.26. The van der Waals surface area contributed by atoms with Gasteiger partial charge in [-0.05, 0) is 61.0 Å². The van der Waals surface area contributed by atoms with Crippen molar-refractivity contribution in [2.45, 2.75) is 18.4 Å². The molecule has 0 radical (unpaired) electrons. The van der Waals surface area contributed by atoms with Gasteiger partial charge in [-0.15, -0.1) is 11.8 Å². The highest BCUT2D eigenvalue weighted by molar-refractivity contribution is 7.99. The van der Waals surface area contributed by atoms with Gasteiger partial charge in [-0.25, -0.2) is 0 Å². The summed E-state index contributed by atoms with van der Waals surface area (Å²) in [5.74, 6) is 0.459. The number of halogens is 1. The Morgan fingerprint density at radius 2 is 1.91 bits per heavy atom. The average Bonchev–Trinajstić information content (AvgIpc) is 3.16. The predicted molar refractivity (Wildman–Crippen MR) is 138 cm³/mol. The van der Waals surface area contributed by atoms with Crippen molar-refractivity contribution in [1.29, 1.82) is 5.26 Å². The van der Waals surface area contributed by atoms with Crippen molar-refractivity contribution in [1.82, 2.24) is 4.57 Å². The summed E-state index contributed by atoms with van der Waals surface area (Å²) in [7, 11) is 0. The first-order chi connectivity index (χ1) is 16.0. The molecule has 0 fully saturated rings. The molecule has 0 saturated carbocycles. The standard InChI is InChI=1S/C27H22ClN3OS/c1-19-5-4-6-23(15-19)30-27(32)20(17-29)16-21-18-31(26-8-3-2-7-25(21)26)13-14-33-24-11-9-22(28)10-12-24/h2-12,15-16,18H,13-14H2,1H3,(H,30,32)/b20-16-. The molecule has 1 aromatic heterocycles. The van der Waals surface area contributed by atoms with Crippen LogP contribution < -0.4 is 5.32 Å². The number of carbonyl (C=O) groups excluding carboxylic acids is 1. The molecule has 6 heteroatoms. The van der Waals surface area contributed by atoms with E-state index in [0.29, 0.717) is 5.69 Å². The van der Waals surface area contributed by atoms with Crippen molar-refractivity contribution >= 4 is 51.9 Å². The van der Waals surface area contributed by atoms with Crippen LogP contribution in [0.1, 0.15) is 11.1 Å². The molecule has 4 aromatic rings. The third-order valence-corrected chi connectivity index (χ3v) is 6.42. The van der Waals surface area contributed by atoms with Crippen molar-refractivity contribution in [3.8, 4) is 6.07 Å². The van der Waals surface area contributed by atoms with Crippen molar-refractivity contribution in [2.24, 2.45) is 0 Å². The summed E-state index contributed by atoms with van der Waals surface area (Å²) in [6, 6.07) is 25.4. The first kappa shape index (κ1) is 22.7. The van der Waals surface area contributed by atoms with Crippen molar-refractivity contribution < 1.29 is 4.79 Å². The van der Waals surface area contributed by atoms with E-state index in [1.165, 1.54) is 0 Å². The second-order valence-electron chi connectivity index (χ2n) is 7.59. The minimum Gasteiger partial charge on any atom is -0.346 e.